The highest BCUT2D eigenvalue weighted by Gasteiger charge is 2.21. The van der Waals surface area contributed by atoms with E-state index in [1.165, 1.54) is 6.07 Å². The zero-order valence-electron chi connectivity index (χ0n) is 9.17. The molecule has 0 saturated carbocycles. The van der Waals surface area contributed by atoms with Crippen molar-refractivity contribution in [2.45, 2.75) is 6.42 Å². The molecule has 0 unspecified atom stereocenters. The highest BCUT2D eigenvalue weighted by molar-refractivity contribution is 5.78. The predicted molar refractivity (Wildman–Crippen MR) is 60.6 cm³/mol. The van der Waals surface area contributed by atoms with Crippen molar-refractivity contribution in [3.63, 3.8) is 0 Å². The van der Waals surface area contributed by atoms with Crippen molar-refractivity contribution in [1.29, 1.82) is 0 Å². The third-order valence-corrected chi connectivity index (χ3v) is 2.73. The summed E-state index contributed by atoms with van der Waals surface area (Å²) in [5.74, 6) is -1.99. The quantitative estimate of drug-likeness (QED) is 0.717. The van der Waals surface area contributed by atoms with Gasteiger partial charge >= 0.3 is 0 Å². The standard InChI is InChI=1S/C11H13F2N3O/c12-7-1-2-8(14)11(10(7)13)16-5-3-9(17)15-4-6-16/h1-2H,3-6,14H2,(H,15,17). The first-order chi connectivity index (χ1) is 8.09. The van der Waals surface area contributed by atoms with Gasteiger partial charge in [-0.05, 0) is 12.1 Å². The molecule has 1 aliphatic rings. The van der Waals surface area contributed by atoms with Crippen molar-refractivity contribution in [3.05, 3.63) is 23.8 Å². The van der Waals surface area contributed by atoms with Gasteiger partial charge in [-0.1, -0.05) is 0 Å². The lowest BCUT2D eigenvalue weighted by atomic mass is 10.2. The highest BCUT2D eigenvalue weighted by Crippen LogP contribution is 2.29. The third kappa shape index (κ3) is 2.30. The predicted octanol–water partition coefficient (Wildman–Crippen LogP) is 0.873. The monoisotopic (exact) mass is 241 g/mol. The molecule has 1 aromatic rings. The number of amides is 1. The molecule has 1 amide bonds. The van der Waals surface area contributed by atoms with E-state index in [9.17, 15) is 13.6 Å². The summed E-state index contributed by atoms with van der Waals surface area (Å²) in [4.78, 5) is 12.7. The normalized spacial score (nSPS) is 16.6. The van der Waals surface area contributed by atoms with Gasteiger partial charge in [0.2, 0.25) is 5.91 Å². The van der Waals surface area contributed by atoms with Crippen LogP contribution in [0.2, 0.25) is 0 Å². The Kier molecular flexibility index (Phi) is 3.12. The maximum atomic E-state index is 13.7. The molecule has 0 radical (unpaired) electrons. The Labute approximate surface area is 97.4 Å². The van der Waals surface area contributed by atoms with Crippen LogP contribution in [-0.2, 0) is 4.79 Å². The number of carbonyl (C=O) groups excluding carboxylic acids is 1. The van der Waals surface area contributed by atoms with Crippen LogP contribution in [0.5, 0.6) is 0 Å². The van der Waals surface area contributed by atoms with Crippen molar-refractivity contribution < 1.29 is 13.6 Å². The molecule has 3 N–H and O–H groups in total. The van der Waals surface area contributed by atoms with E-state index in [1.807, 2.05) is 0 Å². The van der Waals surface area contributed by atoms with Gasteiger partial charge < -0.3 is 16.0 Å². The number of hydrogen-bond donors (Lipinski definition) is 2. The molecule has 1 heterocycles. The fourth-order valence-electron chi connectivity index (χ4n) is 1.87. The number of nitrogens with two attached hydrogens (primary N) is 1. The second-order valence-electron chi connectivity index (χ2n) is 3.89. The number of nitrogens with zero attached hydrogens (tertiary/aromatic N) is 1. The molecule has 17 heavy (non-hydrogen) atoms. The van der Waals surface area contributed by atoms with E-state index in [0.29, 0.717) is 19.6 Å². The third-order valence-electron chi connectivity index (χ3n) is 2.73. The Morgan fingerprint density at radius 2 is 2.06 bits per heavy atom. The zero-order chi connectivity index (χ0) is 12.4. The van der Waals surface area contributed by atoms with E-state index >= 15 is 0 Å². The van der Waals surface area contributed by atoms with Gasteiger partial charge in [-0.3, -0.25) is 4.79 Å². The van der Waals surface area contributed by atoms with Crippen molar-refractivity contribution in [1.82, 2.24) is 5.32 Å². The summed E-state index contributed by atoms with van der Waals surface area (Å²) in [6.07, 6.45) is 0.245. The van der Waals surface area contributed by atoms with Gasteiger partial charge in [0.15, 0.2) is 11.6 Å². The maximum Gasteiger partial charge on any atom is 0.221 e. The van der Waals surface area contributed by atoms with Gasteiger partial charge in [0, 0.05) is 26.1 Å². The number of nitrogens with one attached hydrogen (secondary N) is 1. The Bertz CT molecular complexity index is 451. The first-order valence-corrected chi connectivity index (χ1v) is 5.34. The Hall–Kier alpha value is -1.85. The lowest BCUT2D eigenvalue weighted by molar-refractivity contribution is -0.120. The molecule has 0 spiro atoms. The number of nitrogen functional groups attached to an aromatic ring is 1. The van der Waals surface area contributed by atoms with Crippen LogP contribution in [0, 0.1) is 11.6 Å². The topological polar surface area (TPSA) is 58.4 Å². The fourth-order valence-corrected chi connectivity index (χ4v) is 1.87. The molecule has 4 nitrogen and oxygen atoms in total. The number of anilines is 2. The minimum Gasteiger partial charge on any atom is -0.397 e. The van der Waals surface area contributed by atoms with Gasteiger partial charge in [0.25, 0.3) is 0 Å². The van der Waals surface area contributed by atoms with Crippen LogP contribution in [-0.4, -0.2) is 25.5 Å². The molecule has 0 aromatic heterocycles. The molecule has 0 bridgehead atoms. The summed E-state index contributed by atoms with van der Waals surface area (Å²) in [5.41, 5.74) is 5.88. The fraction of sp³-hybridized carbons (Fsp3) is 0.364. The van der Waals surface area contributed by atoms with Gasteiger partial charge in [0.1, 0.15) is 0 Å². The first kappa shape index (κ1) is 11.6. The lowest BCUT2D eigenvalue weighted by Crippen LogP contribution is -2.29. The molecule has 1 fully saturated rings. The second-order valence-corrected chi connectivity index (χ2v) is 3.89. The highest BCUT2D eigenvalue weighted by atomic mass is 19.2. The van der Waals surface area contributed by atoms with Gasteiger partial charge in [-0.15, -0.1) is 0 Å². The second kappa shape index (κ2) is 4.57. The molecule has 1 aliphatic heterocycles. The Balaban J connectivity index is 2.33. The van der Waals surface area contributed by atoms with Crippen molar-refractivity contribution in [2.24, 2.45) is 0 Å². The molecule has 1 saturated heterocycles. The van der Waals surface area contributed by atoms with E-state index in [2.05, 4.69) is 5.32 Å². The van der Waals surface area contributed by atoms with E-state index in [-0.39, 0.29) is 23.7 Å². The number of halogens is 2. The summed E-state index contributed by atoms with van der Waals surface area (Å²) in [6.45, 7) is 1.14. The van der Waals surface area contributed by atoms with Crippen LogP contribution in [0.1, 0.15) is 6.42 Å². The molecule has 0 atom stereocenters. The number of hydrogen-bond acceptors (Lipinski definition) is 3. The summed E-state index contributed by atoms with van der Waals surface area (Å²) in [6, 6.07) is 2.32. The van der Waals surface area contributed by atoms with Crippen LogP contribution in [0.4, 0.5) is 20.2 Å². The van der Waals surface area contributed by atoms with E-state index in [0.717, 1.165) is 6.07 Å². The minimum atomic E-state index is -0.959. The minimum absolute atomic E-state index is 0.0431. The van der Waals surface area contributed by atoms with E-state index in [4.69, 9.17) is 5.73 Å². The van der Waals surface area contributed by atoms with Crippen LogP contribution < -0.4 is 16.0 Å². The van der Waals surface area contributed by atoms with Crippen molar-refractivity contribution >= 4 is 17.3 Å². The molecule has 2 rings (SSSR count). The molecular weight excluding hydrogens is 228 g/mol. The number of carbonyl (C=O) groups is 1. The van der Waals surface area contributed by atoms with E-state index in [1.54, 1.807) is 4.90 Å². The van der Waals surface area contributed by atoms with Crippen molar-refractivity contribution in [3.8, 4) is 0 Å². The summed E-state index contributed by atoms with van der Waals surface area (Å²) >= 11 is 0. The summed E-state index contributed by atoms with van der Waals surface area (Å²) in [7, 11) is 0. The van der Waals surface area contributed by atoms with Gasteiger partial charge in [-0.2, -0.15) is 0 Å². The van der Waals surface area contributed by atoms with Crippen LogP contribution in [0.25, 0.3) is 0 Å². The zero-order valence-corrected chi connectivity index (χ0v) is 9.17. The molecule has 0 aliphatic carbocycles. The molecular formula is C11H13F2N3O. The Morgan fingerprint density at radius 3 is 2.82 bits per heavy atom. The lowest BCUT2D eigenvalue weighted by Gasteiger charge is -2.24. The van der Waals surface area contributed by atoms with Gasteiger partial charge in [-0.25, -0.2) is 8.78 Å². The first-order valence-electron chi connectivity index (χ1n) is 5.34. The summed E-state index contributed by atoms with van der Waals surface area (Å²) in [5, 5.41) is 2.66. The Morgan fingerprint density at radius 1 is 1.29 bits per heavy atom. The number of benzene rings is 1. The smallest absolute Gasteiger partial charge is 0.221 e. The molecule has 92 valence electrons. The van der Waals surface area contributed by atoms with E-state index < -0.39 is 11.6 Å². The average Bonchev–Trinajstić information content (AvgIpc) is 2.50. The largest absolute Gasteiger partial charge is 0.397 e. The number of rotatable bonds is 1. The molecule has 6 heteroatoms. The van der Waals surface area contributed by atoms with Crippen molar-refractivity contribution in [2.75, 3.05) is 30.3 Å². The average molecular weight is 241 g/mol. The van der Waals surface area contributed by atoms with Gasteiger partial charge in [0.05, 0.1) is 11.4 Å². The molecule has 1 aromatic carbocycles. The van der Waals surface area contributed by atoms with Crippen LogP contribution >= 0.6 is 0 Å². The van der Waals surface area contributed by atoms with Crippen LogP contribution in [0.3, 0.4) is 0 Å². The SMILES string of the molecule is Nc1ccc(F)c(F)c1N1CCNC(=O)CC1. The van der Waals surface area contributed by atoms with Crippen LogP contribution in [0.15, 0.2) is 12.1 Å². The summed E-state index contributed by atoms with van der Waals surface area (Å²) < 4.78 is 26.8. The maximum absolute atomic E-state index is 13.7.